The van der Waals surface area contributed by atoms with E-state index in [4.69, 9.17) is 9.47 Å². The van der Waals surface area contributed by atoms with E-state index in [1.165, 1.54) is 31.4 Å². The van der Waals surface area contributed by atoms with Crippen LogP contribution in [0.3, 0.4) is 0 Å². The van der Waals surface area contributed by atoms with Crippen LogP contribution in [0, 0.1) is 5.82 Å². The molecular formula is C26H17FN2O4. The number of ether oxygens (including phenoxy) is 2. The van der Waals surface area contributed by atoms with Gasteiger partial charge in [0.05, 0.1) is 23.9 Å². The van der Waals surface area contributed by atoms with Crippen LogP contribution in [0.5, 0.6) is 5.75 Å². The number of ketones is 1. The number of esters is 1. The number of rotatable bonds is 4. The van der Waals surface area contributed by atoms with Crippen molar-refractivity contribution in [3.8, 4) is 22.7 Å². The third kappa shape index (κ3) is 3.80. The summed E-state index contributed by atoms with van der Waals surface area (Å²) in [7, 11) is 1.28. The lowest BCUT2D eigenvalue weighted by Crippen LogP contribution is -2.03. The zero-order valence-electron chi connectivity index (χ0n) is 17.5. The van der Waals surface area contributed by atoms with Gasteiger partial charge in [0.25, 0.3) is 0 Å². The molecule has 1 aromatic heterocycles. The number of hydrogen-bond acceptors (Lipinski definition) is 5. The number of Topliss-reactive ketones (excluding diaryl/α,β-unsaturated/α-hetero) is 1. The Bertz CT molecular complexity index is 1410. The lowest BCUT2D eigenvalue weighted by atomic mass is 10.0. The predicted octanol–water partition coefficient (Wildman–Crippen LogP) is 5.08. The lowest BCUT2D eigenvalue weighted by molar-refractivity contribution is 0.0600. The molecule has 0 saturated heterocycles. The van der Waals surface area contributed by atoms with Gasteiger partial charge in [-0.3, -0.25) is 4.79 Å². The second kappa shape index (κ2) is 8.20. The molecule has 0 radical (unpaired) electrons. The first-order valence-corrected chi connectivity index (χ1v) is 10.1. The van der Waals surface area contributed by atoms with Crippen LogP contribution in [-0.2, 0) is 4.74 Å². The Labute approximate surface area is 188 Å². The molecule has 3 aromatic carbocycles. The van der Waals surface area contributed by atoms with E-state index in [0.717, 1.165) is 5.69 Å². The number of carbonyl (C=O) groups is 2. The van der Waals surface area contributed by atoms with Gasteiger partial charge in [0.2, 0.25) is 5.78 Å². The molecule has 0 N–H and O–H groups in total. The largest absolute Gasteiger partial charge is 0.465 e. The Balaban J connectivity index is 1.58. The van der Waals surface area contributed by atoms with Gasteiger partial charge in [0, 0.05) is 17.3 Å². The molecule has 4 aromatic rings. The summed E-state index contributed by atoms with van der Waals surface area (Å²) >= 11 is 0. The third-order valence-corrected chi connectivity index (χ3v) is 5.26. The molecule has 0 unspecified atom stereocenters. The Morgan fingerprint density at radius 3 is 2.55 bits per heavy atom. The topological polar surface area (TPSA) is 70.4 Å². The van der Waals surface area contributed by atoms with Crippen molar-refractivity contribution in [2.75, 3.05) is 7.11 Å². The van der Waals surface area contributed by atoms with Gasteiger partial charge in [0.15, 0.2) is 5.76 Å². The number of para-hydroxylation sites is 1. The number of benzene rings is 3. The standard InChI is InChI=1S/C26H17FN2O4/c1-32-26(31)17-9-12-22-21(13-17)25(30)23(33-22)14-18-15-29(20-5-3-2-4-6-20)28-24(18)16-7-10-19(27)11-8-16/h2-15H,1H3. The molecule has 1 aliphatic heterocycles. The highest BCUT2D eigenvalue weighted by Crippen LogP contribution is 2.34. The van der Waals surface area contributed by atoms with Crippen molar-refractivity contribution < 1.29 is 23.5 Å². The zero-order chi connectivity index (χ0) is 22.9. The van der Waals surface area contributed by atoms with Crippen molar-refractivity contribution in [2.45, 2.75) is 0 Å². The summed E-state index contributed by atoms with van der Waals surface area (Å²) in [5.41, 5.74) is 3.24. The van der Waals surface area contributed by atoms with Gasteiger partial charge in [-0.2, -0.15) is 5.10 Å². The average molecular weight is 440 g/mol. The normalized spacial score (nSPS) is 13.6. The fourth-order valence-electron chi connectivity index (χ4n) is 3.61. The van der Waals surface area contributed by atoms with Crippen molar-refractivity contribution in [3.05, 3.63) is 107 Å². The van der Waals surface area contributed by atoms with E-state index in [1.807, 2.05) is 30.3 Å². The first kappa shape index (κ1) is 20.4. The molecule has 162 valence electrons. The van der Waals surface area contributed by atoms with E-state index in [-0.39, 0.29) is 28.5 Å². The van der Waals surface area contributed by atoms with Crippen LogP contribution in [-0.4, -0.2) is 28.6 Å². The maximum atomic E-state index is 13.5. The van der Waals surface area contributed by atoms with E-state index in [9.17, 15) is 14.0 Å². The molecule has 0 atom stereocenters. The molecule has 0 spiro atoms. The van der Waals surface area contributed by atoms with Gasteiger partial charge in [-0.1, -0.05) is 18.2 Å². The van der Waals surface area contributed by atoms with Crippen molar-refractivity contribution in [3.63, 3.8) is 0 Å². The summed E-state index contributed by atoms with van der Waals surface area (Å²) in [6.45, 7) is 0. The Hall–Kier alpha value is -4.52. The van der Waals surface area contributed by atoms with Crippen LogP contribution in [0.2, 0.25) is 0 Å². The van der Waals surface area contributed by atoms with E-state index in [0.29, 0.717) is 22.6 Å². The summed E-state index contributed by atoms with van der Waals surface area (Å²) in [6, 6.07) is 20.0. The molecule has 1 aliphatic rings. The second-order valence-electron chi connectivity index (χ2n) is 7.36. The van der Waals surface area contributed by atoms with Gasteiger partial charge < -0.3 is 9.47 Å². The fraction of sp³-hybridized carbons (Fsp3) is 0.0385. The van der Waals surface area contributed by atoms with Gasteiger partial charge in [-0.15, -0.1) is 0 Å². The molecule has 7 heteroatoms. The van der Waals surface area contributed by atoms with Crippen molar-refractivity contribution in [2.24, 2.45) is 0 Å². The minimum absolute atomic E-state index is 0.1000. The molecule has 5 rings (SSSR count). The minimum Gasteiger partial charge on any atom is -0.465 e. The first-order chi connectivity index (χ1) is 16.0. The summed E-state index contributed by atoms with van der Waals surface area (Å²) in [4.78, 5) is 24.8. The molecule has 0 fully saturated rings. The molecule has 6 nitrogen and oxygen atoms in total. The smallest absolute Gasteiger partial charge is 0.337 e. The third-order valence-electron chi connectivity index (χ3n) is 5.26. The van der Waals surface area contributed by atoms with Crippen molar-refractivity contribution in [1.82, 2.24) is 9.78 Å². The average Bonchev–Trinajstić information content (AvgIpc) is 3.41. The summed E-state index contributed by atoms with van der Waals surface area (Å²) in [5, 5.41) is 4.67. The maximum absolute atomic E-state index is 13.5. The van der Waals surface area contributed by atoms with Gasteiger partial charge >= 0.3 is 5.97 Å². The Kier molecular flexibility index (Phi) is 5.06. The van der Waals surface area contributed by atoms with Gasteiger partial charge in [-0.05, 0) is 60.7 Å². The number of carbonyl (C=O) groups excluding carboxylic acids is 2. The van der Waals surface area contributed by atoms with Crippen LogP contribution < -0.4 is 4.74 Å². The fourth-order valence-corrected chi connectivity index (χ4v) is 3.61. The number of allylic oxidation sites excluding steroid dienone is 1. The van der Waals surface area contributed by atoms with Gasteiger partial charge in [0.1, 0.15) is 17.3 Å². The van der Waals surface area contributed by atoms with Gasteiger partial charge in [-0.25, -0.2) is 13.9 Å². The van der Waals surface area contributed by atoms with E-state index < -0.39 is 5.97 Å². The number of aromatic nitrogens is 2. The highest BCUT2D eigenvalue weighted by Gasteiger charge is 2.29. The van der Waals surface area contributed by atoms with Crippen LogP contribution in [0.25, 0.3) is 23.0 Å². The molecule has 0 bridgehead atoms. The number of hydrogen-bond donors (Lipinski definition) is 0. The quantitative estimate of drug-likeness (QED) is 0.327. The van der Waals surface area contributed by atoms with Crippen LogP contribution in [0.1, 0.15) is 26.3 Å². The van der Waals surface area contributed by atoms with Crippen molar-refractivity contribution >= 4 is 17.8 Å². The molecule has 0 amide bonds. The van der Waals surface area contributed by atoms with E-state index in [2.05, 4.69) is 5.10 Å². The van der Waals surface area contributed by atoms with E-state index in [1.54, 1.807) is 35.2 Å². The highest BCUT2D eigenvalue weighted by atomic mass is 19.1. The number of fused-ring (bicyclic) bond motifs is 1. The molecule has 2 heterocycles. The minimum atomic E-state index is -0.536. The molecule has 0 aliphatic carbocycles. The predicted molar refractivity (Wildman–Crippen MR) is 120 cm³/mol. The molecule has 0 saturated carbocycles. The summed E-state index contributed by atoms with van der Waals surface area (Å²) in [6.07, 6.45) is 3.38. The number of nitrogens with zero attached hydrogens (tertiary/aromatic N) is 2. The Morgan fingerprint density at radius 2 is 1.82 bits per heavy atom. The molecule has 33 heavy (non-hydrogen) atoms. The maximum Gasteiger partial charge on any atom is 0.337 e. The van der Waals surface area contributed by atoms with E-state index >= 15 is 0 Å². The van der Waals surface area contributed by atoms with Crippen LogP contribution in [0.15, 0.2) is 84.8 Å². The highest BCUT2D eigenvalue weighted by molar-refractivity contribution is 6.15. The molecular weight excluding hydrogens is 423 g/mol. The monoisotopic (exact) mass is 440 g/mol. The summed E-state index contributed by atoms with van der Waals surface area (Å²) < 4.78 is 25.7. The van der Waals surface area contributed by atoms with Crippen molar-refractivity contribution in [1.29, 1.82) is 0 Å². The summed E-state index contributed by atoms with van der Waals surface area (Å²) in [5.74, 6) is -0.785. The Morgan fingerprint density at radius 1 is 1.06 bits per heavy atom. The number of halogens is 1. The SMILES string of the molecule is COC(=O)c1ccc2c(c1)C(=O)C(=Cc1cn(-c3ccccc3)nc1-c1ccc(F)cc1)O2. The van der Waals surface area contributed by atoms with Crippen LogP contribution in [0.4, 0.5) is 4.39 Å². The van der Waals surface area contributed by atoms with Crippen LogP contribution >= 0.6 is 0 Å². The number of methoxy groups -OCH3 is 1. The zero-order valence-corrected chi connectivity index (χ0v) is 17.5. The lowest BCUT2D eigenvalue weighted by Gasteiger charge is -2.01. The first-order valence-electron chi connectivity index (χ1n) is 10.1. The second-order valence-corrected chi connectivity index (χ2v) is 7.36.